The second-order valence-corrected chi connectivity index (χ2v) is 4.76. The number of oxazole rings is 1. The Bertz CT molecular complexity index is 748. The molecule has 0 aliphatic carbocycles. The fourth-order valence-corrected chi connectivity index (χ4v) is 1.87. The summed E-state index contributed by atoms with van der Waals surface area (Å²) in [5, 5.41) is 0. The van der Waals surface area contributed by atoms with Crippen molar-refractivity contribution in [2.24, 2.45) is 0 Å². The van der Waals surface area contributed by atoms with Gasteiger partial charge >= 0.3 is 6.01 Å². The molecule has 0 aliphatic heterocycles. The van der Waals surface area contributed by atoms with E-state index in [9.17, 15) is 4.79 Å². The van der Waals surface area contributed by atoms with Gasteiger partial charge in [-0.05, 0) is 31.2 Å². The second-order valence-electron chi connectivity index (χ2n) is 4.76. The Labute approximate surface area is 127 Å². The lowest BCUT2D eigenvalue weighted by atomic mass is 10.2. The molecule has 0 aliphatic rings. The van der Waals surface area contributed by atoms with Gasteiger partial charge in [0.1, 0.15) is 11.3 Å². The van der Waals surface area contributed by atoms with E-state index in [0.29, 0.717) is 11.3 Å². The highest BCUT2D eigenvalue weighted by Crippen LogP contribution is 2.17. The first-order valence-electron chi connectivity index (χ1n) is 6.80. The van der Waals surface area contributed by atoms with E-state index < -0.39 is 0 Å². The number of hydrogen-bond donors (Lipinski definition) is 2. The van der Waals surface area contributed by atoms with Crippen molar-refractivity contribution < 1.29 is 13.9 Å². The molecule has 2 aromatic carbocycles. The van der Waals surface area contributed by atoms with Crippen molar-refractivity contribution in [3.8, 4) is 5.75 Å². The van der Waals surface area contributed by atoms with Crippen LogP contribution < -0.4 is 15.6 Å². The standard InChI is InChI=1S/C16H15N3O3/c1-11-6-8-12(9-7-11)21-10-15(20)18-19-16-17-13-4-2-3-5-14(13)22-16/h2-9H,10H2,1H3,(H,17,19)(H,18,20). The van der Waals surface area contributed by atoms with Crippen LogP contribution in [0.5, 0.6) is 5.75 Å². The molecule has 0 bridgehead atoms. The highest BCUT2D eigenvalue weighted by Gasteiger charge is 2.07. The number of rotatable bonds is 5. The lowest BCUT2D eigenvalue weighted by Crippen LogP contribution is -2.33. The number of nitrogens with one attached hydrogen (secondary N) is 2. The summed E-state index contributed by atoms with van der Waals surface area (Å²) in [4.78, 5) is 15.9. The van der Waals surface area contributed by atoms with Gasteiger partial charge in [0.2, 0.25) is 0 Å². The van der Waals surface area contributed by atoms with Gasteiger partial charge in [0.05, 0.1) is 0 Å². The summed E-state index contributed by atoms with van der Waals surface area (Å²) >= 11 is 0. The normalized spacial score (nSPS) is 10.4. The fraction of sp³-hybridized carbons (Fsp3) is 0.125. The molecule has 0 fully saturated rings. The number of carbonyl (C=O) groups is 1. The van der Waals surface area contributed by atoms with Crippen LogP contribution in [0.4, 0.5) is 6.01 Å². The van der Waals surface area contributed by atoms with Crippen molar-refractivity contribution in [1.29, 1.82) is 0 Å². The third kappa shape index (κ3) is 3.35. The van der Waals surface area contributed by atoms with E-state index in [1.807, 2.05) is 49.4 Å². The van der Waals surface area contributed by atoms with E-state index in [0.717, 1.165) is 11.1 Å². The quantitative estimate of drug-likeness (QED) is 0.708. The number of amides is 1. The molecule has 1 amide bonds. The second kappa shape index (κ2) is 6.17. The zero-order valence-electron chi connectivity index (χ0n) is 12.0. The first kappa shape index (κ1) is 13.9. The van der Waals surface area contributed by atoms with Crippen molar-refractivity contribution in [2.45, 2.75) is 6.92 Å². The minimum absolute atomic E-state index is 0.101. The number of hydrogen-bond acceptors (Lipinski definition) is 5. The topological polar surface area (TPSA) is 76.4 Å². The van der Waals surface area contributed by atoms with Crippen LogP contribution in [0.15, 0.2) is 52.9 Å². The molecule has 0 radical (unpaired) electrons. The Hall–Kier alpha value is -3.02. The maximum atomic E-state index is 11.7. The molecule has 6 heteroatoms. The fourth-order valence-electron chi connectivity index (χ4n) is 1.87. The van der Waals surface area contributed by atoms with Gasteiger partial charge in [-0.1, -0.05) is 29.8 Å². The molecular weight excluding hydrogens is 282 g/mol. The summed E-state index contributed by atoms with van der Waals surface area (Å²) in [6.07, 6.45) is 0. The van der Waals surface area contributed by atoms with E-state index >= 15 is 0 Å². The lowest BCUT2D eigenvalue weighted by Gasteiger charge is -2.07. The minimum atomic E-state index is -0.331. The summed E-state index contributed by atoms with van der Waals surface area (Å²) in [5.74, 6) is 0.311. The molecule has 3 rings (SSSR count). The number of aromatic nitrogens is 1. The van der Waals surface area contributed by atoms with Crippen LogP contribution in [-0.2, 0) is 4.79 Å². The van der Waals surface area contributed by atoms with E-state index in [1.54, 1.807) is 6.07 Å². The van der Waals surface area contributed by atoms with Gasteiger partial charge in [-0.2, -0.15) is 4.98 Å². The monoisotopic (exact) mass is 297 g/mol. The smallest absolute Gasteiger partial charge is 0.315 e. The number of aryl methyl sites for hydroxylation is 1. The van der Waals surface area contributed by atoms with Crippen molar-refractivity contribution in [1.82, 2.24) is 10.4 Å². The van der Waals surface area contributed by atoms with Crippen molar-refractivity contribution >= 4 is 23.0 Å². The van der Waals surface area contributed by atoms with Crippen LogP contribution in [0.25, 0.3) is 11.1 Å². The first-order chi connectivity index (χ1) is 10.7. The number of ether oxygens (including phenoxy) is 1. The van der Waals surface area contributed by atoms with Gasteiger partial charge in [-0.25, -0.2) is 0 Å². The third-order valence-corrected chi connectivity index (χ3v) is 2.99. The maximum absolute atomic E-state index is 11.7. The van der Waals surface area contributed by atoms with Crippen LogP contribution in [0, 0.1) is 6.92 Å². The maximum Gasteiger partial charge on any atom is 0.315 e. The SMILES string of the molecule is Cc1ccc(OCC(=O)NNc2nc3ccccc3o2)cc1. The van der Waals surface area contributed by atoms with Gasteiger partial charge in [0.25, 0.3) is 5.91 Å². The molecule has 3 aromatic rings. The number of carbonyl (C=O) groups excluding carboxylic acids is 1. The summed E-state index contributed by atoms with van der Waals surface area (Å²) < 4.78 is 10.8. The molecule has 0 atom stereocenters. The molecule has 0 unspecified atom stereocenters. The van der Waals surface area contributed by atoms with Crippen LogP contribution >= 0.6 is 0 Å². The van der Waals surface area contributed by atoms with E-state index in [4.69, 9.17) is 9.15 Å². The third-order valence-electron chi connectivity index (χ3n) is 2.99. The number of anilines is 1. The molecule has 6 nitrogen and oxygen atoms in total. The van der Waals surface area contributed by atoms with Gasteiger partial charge in [0.15, 0.2) is 12.2 Å². The number of benzene rings is 2. The first-order valence-corrected chi connectivity index (χ1v) is 6.80. The summed E-state index contributed by atoms with van der Waals surface area (Å²) in [7, 11) is 0. The Morgan fingerprint density at radius 1 is 1.18 bits per heavy atom. The lowest BCUT2D eigenvalue weighted by molar-refractivity contribution is -0.122. The zero-order chi connectivity index (χ0) is 15.4. The molecule has 0 spiro atoms. The molecule has 0 saturated carbocycles. The van der Waals surface area contributed by atoms with Crippen LogP contribution in [0.1, 0.15) is 5.56 Å². The van der Waals surface area contributed by atoms with Crippen LogP contribution in [-0.4, -0.2) is 17.5 Å². The van der Waals surface area contributed by atoms with Crippen molar-refractivity contribution in [2.75, 3.05) is 12.0 Å². The van der Waals surface area contributed by atoms with Gasteiger partial charge in [-0.15, -0.1) is 0 Å². The minimum Gasteiger partial charge on any atom is -0.484 e. The van der Waals surface area contributed by atoms with Gasteiger partial charge < -0.3 is 9.15 Å². The molecule has 2 N–H and O–H groups in total. The predicted molar refractivity (Wildman–Crippen MR) is 82.4 cm³/mol. The zero-order valence-corrected chi connectivity index (χ0v) is 12.0. The Kier molecular flexibility index (Phi) is 3.91. The molecule has 1 aromatic heterocycles. The summed E-state index contributed by atoms with van der Waals surface area (Å²) in [6.45, 7) is 1.89. The summed E-state index contributed by atoms with van der Waals surface area (Å²) in [6, 6.07) is 15.0. The summed E-state index contributed by atoms with van der Waals surface area (Å²) in [5.41, 5.74) is 7.59. The Morgan fingerprint density at radius 3 is 2.73 bits per heavy atom. The Morgan fingerprint density at radius 2 is 1.95 bits per heavy atom. The predicted octanol–water partition coefficient (Wildman–Crippen LogP) is 2.66. The van der Waals surface area contributed by atoms with E-state index in [-0.39, 0.29) is 18.5 Å². The van der Waals surface area contributed by atoms with Crippen LogP contribution in [0.2, 0.25) is 0 Å². The largest absolute Gasteiger partial charge is 0.484 e. The molecule has 0 saturated heterocycles. The van der Waals surface area contributed by atoms with Crippen molar-refractivity contribution in [3.63, 3.8) is 0 Å². The number of fused-ring (bicyclic) bond motifs is 1. The van der Waals surface area contributed by atoms with E-state index in [1.165, 1.54) is 0 Å². The van der Waals surface area contributed by atoms with E-state index in [2.05, 4.69) is 15.8 Å². The number of hydrazine groups is 1. The molecule has 1 heterocycles. The van der Waals surface area contributed by atoms with Gasteiger partial charge in [-0.3, -0.25) is 15.6 Å². The average Bonchev–Trinajstić information content (AvgIpc) is 2.95. The Balaban J connectivity index is 1.50. The van der Waals surface area contributed by atoms with Crippen LogP contribution in [0.3, 0.4) is 0 Å². The average molecular weight is 297 g/mol. The number of nitrogens with zero attached hydrogens (tertiary/aromatic N) is 1. The highest BCUT2D eigenvalue weighted by molar-refractivity contribution is 5.79. The number of para-hydroxylation sites is 2. The molecular formula is C16H15N3O3. The van der Waals surface area contributed by atoms with Gasteiger partial charge in [0, 0.05) is 0 Å². The molecule has 112 valence electrons. The highest BCUT2D eigenvalue weighted by atomic mass is 16.5. The molecule has 22 heavy (non-hydrogen) atoms. The van der Waals surface area contributed by atoms with Crippen molar-refractivity contribution in [3.05, 3.63) is 54.1 Å².